The monoisotopic (exact) mass is 1050 g/mol. The fourth-order valence-corrected chi connectivity index (χ4v) is 10.1. The number of H-pyrrole nitrogens is 1. The van der Waals surface area contributed by atoms with E-state index in [2.05, 4.69) is 101 Å². The summed E-state index contributed by atoms with van der Waals surface area (Å²) in [5, 5.41) is 21.0. The number of benzene rings is 2. The van der Waals surface area contributed by atoms with Crippen LogP contribution in [0.2, 0.25) is 0 Å². The molecule has 404 valence electrons. The highest BCUT2D eigenvalue weighted by atomic mass is 31.3. The van der Waals surface area contributed by atoms with Crippen LogP contribution in [-0.2, 0) is 31.6 Å². The number of nitrogens with zero attached hydrogens (tertiary/aromatic N) is 1. The lowest BCUT2D eigenvalue weighted by molar-refractivity contribution is -0.894. The molecule has 2 unspecified atom stereocenters. The lowest BCUT2D eigenvalue weighted by Crippen LogP contribution is -3.11. The van der Waals surface area contributed by atoms with Crippen molar-refractivity contribution in [3.8, 4) is 0 Å². The van der Waals surface area contributed by atoms with Gasteiger partial charge in [-0.1, -0.05) is 60.7 Å². The van der Waals surface area contributed by atoms with Crippen molar-refractivity contribution in [2.24, 2.45) is 0 Å². The third kappa shape index (κ3) is 25.3. The Kier molecular flexibility index (Phi) is 34.0. The number of nitrogens with one attached hydrogen (secondary N) is 5. The Morgan fingerprint density at radius 1 is 0.586 bits per heavy atom. The minimum atomic E-state index is -6.23. The number of ether oxygens (including phenoxy) is 1. The summed E-state index contributed by atoms with van der Waals surface area (Å²) in [7, 11) is -18.4. The predicted octanol–water partition coefficient (Wildman–Crippen LogP) is -2.12. The van der Waals surface area contributed by atoms with Crippen LogP contribution < -0.4 is 50.4 Å². The molecule has 2 aromatic carbocycles. The first-order valence-corrected chi connectivity index (χ1v) is 28.9. The Labute approximate surface area is 415 Å². The SMILES string of the molecule is CC[NH+](CC)CC.CC[NH+](CC)CC.CC[NH+](CC)CC.CC[NH+](CC)CC.O=c1[nH]c(=O)n([C@@H]2O[C@H](COP(=O)([O-])OP(=O)([O-])OP(=O)([O-])[O-])[C@@H](O)[C@H]2O)cc1C(c1ccccc1)c1ccccc1. The second-order valence-electron chi connectivity index (χ2n) is 16.1. The first-order valence-electron chi connectivity index (χ1n) is 24.5. The Hall–Kier alpha value is -2.75. The maximum Gasteiger partial charge on any atom is 0.330 e. The molecule has 24 heteroatoms. The number of hydrogen-bond acceptors (Lipinski definition) is 15. The summed E-state index contributed by atoms with van der Waals surface area (Å²) in [6.07, 6.45) is -6.12. The number of aliphatic hydroxyl groups excluding tert-OH is 2. The van der Waals surface area contributed by atoms with Gasteiger partial charge < -0.3 is 63.2 Å². The van der Waals surface area contributed by atoms with Crippen LogP contribution in [0.4, 0.5) is 0 Å². The Morgan fingerprint density at radius 2 is 0.943 bits per heavy atom. The molecule has 1 aromatic heterocycles. The fourth-order valence-electron chi connectivity index (χ4n) is 7.28. The van der Waals surface area contributed by atoms with Gasteiger partial charge in [0.1, 0.15) is 18.3 Å². The topological polar surface area (TPSA) is 293 Å². The van der Waals surface area contributed by atoms with E-state index in [1.54, 1.807) is 80.3 Å². The molecule has 70 heavy (non-hydrogen) atoms. The number of aliphatic hydroxyl groups is 2. The largest absolute Gasteiger partial charge is 0.790 e. The number of aromatic amines is 1. The summed E-state index contributed by atoms with van der Waals surface area (Å²) < 4.78 is 50.7. The van der Waals surface area contributed by atoms with Gasteiger partial charge in [0, 0.05) is 17.7 Å². The van der Waals surface area contributed by atoms with E-state index in [0.29, 0.717) is 11.1 Å². The second-order valence-corrected chi connectivity index (χ2v) is 20.3. The van der Waals surface area contributed by atoms with Crippen molar-refractivity contribution in [1.29, 1.82) is 0 Å². The molecular formula is C46H85N6O15P3. The highest BCUT2D eigenvalue weighted by Gasteiger charge is 2.45. The molecule has 0 amide bonds. The van der Waals surface area contributed by atoms with Crippen molar-refractivity contribution in [3.63, 3.8) is 0 Å². The summed E-state index contributed by atoms with van der Waals surface area (Å²) in [6, 6.07) is 17.5. The number of rotatable bonds is 23. The van der Waals surface area contributed by atoms with E-state index in [1.807, 2.05) is 0 Å². The van der Waals surface area contributed by atoms with Crippen molar-refractivity contribution in [2.75, 3.05) is 85.1 Å². The molecule has 21 nitrogen and oxygen atoms in total. The molecule has 6 atom stereocenters. The molecule has 2 heterocycles. The third-order valence-electron chi connectivity index (χ3n) is 12.0. The normalized spacial score (nSPS) is 18.4. The van der Waals surface area contributed by atoms with E-state index in [9.17, 15) is 53.1 Å². The van der Waals surface area contributed by atoms with Gasteiger partial charge in [-0.2, -0.15) is 0 Å². The van der Waals surface area contributed by atoms with Crippen molar-refractivity contribution >= 4 is 23.5 Å². The summed E-state index contributed by atoms with van der Waals surface area (Å²) in [5.74, 6) is -0.697. The molecule has 0 spiro atoms. The smallest absolute Gasteiger partial charge is 0.330 e. The molecule has 1 aliphatic heterocycles. The van der Waals surface area contributed by atoms with E-state index in [-0.39, 0.29) is 5.56 Å². The zero-order chi connectivity index (χ0) is 53.7. The van der Waals surface area contributed by atoms with E-state index in [1.165, 1.54) is 78.5 Å². The van der Waals surface area contributed by atoms with E-state index < -0.39 is 71.8 Å². The zero-order valence-electron chi connectivity index (χ0n) is 43.4. The number of phosphoric ester groups is 1. The van der Waals surface area contributed by atoms with Crippen molar-refractivity contribution < 1.29 is 81.0 Å². The molecule has 1 aliphatic rings. The van der Waals surface area contributed by atoms with Crippen LogP contribution in [0.5, 0.6) is 0 Å². The van der Waals surface area contributed by atoms with Gasteiger partial charge in [-0.15, -0.1) is 0 Å². The number of aromatic nitrogens is 2. The lowest BCUT2D eigenvalue weighted by Gasteiger charge is -2.37. The number of quaternary nitrogens is 4. The van der Waals surface area contributed by atoms with Gasteiger partial charge in [-0.05, 0) is 94.2 Å². The summed E-state index contributed by atoms with van der Waals surface area (Å²) in [4.78, 5) is 78.7. The minimum absolute atomic E-state index is 0.0506. The number of phosphoric acid groups is 3. The molecule has 3 aromatic rings. The van der Waals surface area contributed by atoms with E-state index in [0.717, 1.165) is 10.8 Å². The van der Waals surface area contributed by atoms with Crippen molar-refractivity contribution in [2.45, 2.75) is 114 Å². The fraction of sp³-hybridized carbons (Fsp3) is 0.652. The molecule has 7 N–H and O–H groups in total. The van der Waals surface area contributed by atoms with Crippen LogP contribution in [0, 0.1) is 0 Å². The Balaban J connectivity index is 0.00000137. The van der Waals surface area contributed by atoms with Gasteiger partial charge in [-0.25, -0.2) is 9.11 Å². The summed E-state index contributed by atoms with van der Waals surface area (Å²) in [6.45, 7) is 40.7. The second kappa shape index (κ2) is 35.4. The highest BCUT2D eigenvalue weighted by Crippen LogP contribution is 2.60. The Morgan fingerprint density at radius 3 is 1.26 bits per heavy atom. The zero-order valence-corrected chi connectivity index (χ0v) is 46.1. The molecule has 4 rings (SSSR count). The van der Waals surface area contributed by atoms with Crippen molar-refractivity contribution in [1.82, 2.24) is 9.55 Å². The van der Waals surface area contributed by atoms with E-state index in [4.69, 9.17) is 4.74 Å². The van der Waals surface area contributed by atoms with Gasteiger partial charge >= 0.3 is 5.69 Å². The third-order valence-corrected chi connectivity index (χ3v) is 15.6. The summed E-state index contributed by atoms with van der Waals surface area (Å²) >= 11 is 0. The van der Waals surface area contributed by atoms with Crippen LogP contribution in [0.1, 0.15) is 112 Å². The van der Waals surface area contributed by atoms with Gasteiger partial charge in [0.2, 0.25) is 0 Å². The average Bonchev–Trinajstić information content (AvgIpc) is 3.60. The van der Waals surface area contributed by atoms with E-state index >= 15 is 0 Å². The number of hydrogen-bond donors (Lipinski definition) is 7. The predicted molar refractivity (Wildman–Crippen MR) is 262 cm³/mol. The lowest BCUT2D eigenvalue weighted by atomic mass is 9.86. The molecule has 1 fully saturated rings. The van der Waals surface area contributed by atoms with Crippen LogP contribution in [-0.4, -0.2) is 123 Å². The quantitative estimate of drug-likeness (QED) is 0.0500. The molecule has 0 aliphatic carbocycles. The molecule has 0 bridgehead atoms. The van der Waals surface area contributed by atoms with Gasteiger partial charge in [-0.3, -0.25) is 27.8 Å². The maximum absolute atomic E-state index is 13.0. The molecule has 0 radical (unpaired) electrons. The average molecular weight is 1060 g/mol. The van der Waals surface area contributed by atoms with Crippen LogP contribution >= 0.6 is 23.5 Å². The Bertz CT molecular complexity index is 1980. The maximum atomic E-state index is 13.0. The first-order chi connectivity index (χ1) is 33.0. The molecule has 1 saturated heterocycles. The van der Waals surface area contributed by atoms with Gasteiger partial charge in [0.25, 0.3) is 21.2 Å². The van der Waals surface area contributed by atoms with Gasteiger partial charge in [0.15, 0.2) is 6.23 Å². The standard InChI is InChI=1S/C22H25N2O15P3.4C6H15N/c25-18-16(12-36-41(32,33)39-42(34,35)38-40(29,30)31)37-21(19(18)26)24-11-15(20(27)23-22(24)28)17(13-7-3-1-4-8-13)14-9-5-2-6-10-14;4*1-4-7(5-2)6-3/h1-11,16-19,21,25-26H,12H2,(H,32,33)(H,34,35)(H,23,27,28)(H2,29,30,31);4*4-6H2,1-3H3/t16-,18-,19-,21-;;;;/m1..../s1. The first kappa shape index (κ1) is 67.2. The summed E-state index contributed by atoms with van der Waals surface area (Å²) in [5.41, 5.74) is -0.404. The van der Waals surface area contributed by atoms with Crippen LogP contribution in [0.3, 0.4) is 0 Å². The van der Waals surface area contributed by atoms with Crippen LogP contribution in [0.15, 0.2) is 76.4 Å². The van der Waals surface area contributed by atoms with Gasteiger partial charge in [0.05, 0.1) is 93.0 Å². The highest BCUT2D eigenvalue weighted by molar-refractivity contribution is 7.64. The molecule has 0 saturated carbocycles. The molecular weight excluding hydrogens is 969 g/mol. The minimum Gasteiger partial charge on any atom is -0.790 e. The van der Waals surface area contributed by atoms with Crippen molar-refractivity contribution in [3.05, 3.63) is 104 Å². The van der Waals surface area contributed by atoms with Crippen LogP contribution in [0.25, 0.3) is 0 Å².